The maximum atomic E-state index is 13.2. The first kappa shape index (κ1) is 11.2. The lowest BCUT2D eigenvalue weighted by Gasteiger charge is -2.10. The fraction of sp³-hybridized carbons (Fsp3) is 0.250. The summed E-state index contributed by atoms with van der Waals surface area (Å²) in [6.07, 6.45) is 2.00. The van der Waals surface area contributed by atoms with Crippen molar-refractivity contribution < 1.29 is 4.39 Å². The van der Waals surface area contributed by atoms with Gasteiger partial charge in [0.15, 0.2) is 5.13 Å². The predicted octanol–water partition coefficient (Wildman–Crippen LogP) is 3.71. The zero-order valence-corrected chi connectivity index (χ0v) is 11.3. The van der Waals surface area contributed by atoms with Crippen molar-refractivity contribution in [3.8, 4) is 0 Å². The molecule has 1 aliphatic carbocycles. The summed E-state index contributed by atoms with van der Waals surface area (Å²) >= 11 is 4.77. The van der Waals surface area contributed by atoms with Crippen molar-refractivity contribution in [2.24, 2.45) is 0 Å². The molecule has 2 aromatic rings. The third kappa shape index (κ3) is 1.87. The summed E-state index contributed by atoms with van der Waals surface area (Å²) in [6.45, 7) is 0. The van der Waals surface area contributed by atoms with Crippen LogP contribution < -0.4 is 5.73 Å². The Kier molecular flexibility index (Phi) is 2.67. The number of anilines is 1. The van der Waals surface area contributed by atoms with Gasteiger partial charge in [-0.15, -0.1) is 11.3 Å². The van der Waals surface area contributed by atoms with Crippen LogP contribution in [0.4, 0.5) is 9.52 Å². The zero-order chi connectivity index (χ0) is 12.0. The van der Waals surface area contributed by atoms with Crippen LogP contribution in [0, 0.1) is 5.82 Å². The van der Waals surface area contributed by atoms with Crippen LogP contribution in [0.15, 0.2) is 22.7 Å². The first-order valence-corrected chi connectivity index (χ1v) is 6.96. The molecular formula is C12H10BrFN2S. The minimum Gasteiger partial charge on any atom is -0.375 e. The third-order valence-electron chi connectivity index (χ3n) is 3.08. The average Bonchev–Trinajstić information content (AvgIpc) is 2.81. The number of nitrogens with two attached hydrogens (primary N) is 1. The molecule has 0 fully saturated rings. The first-order chi connectivity index (χ1) is 8.15. The molecule has 0 saturated carbocycles. The van der Waals surface area contributed by atoms with Crippen LogP contribution >= 0.6 is 27.3 Å². The highest BCUT2D eigenvalue weighted by molar-refractivity contribution is 9.10. The summed E-state index contributed by atoms with van der Waals surface area (Å²) in [5.74, 6) is 0.0903. The summed E-state index contributed by atoms with van der Waals surface area (Å²) in [5.41, 5.74) is 7.96. The van der Waals surface area contributed by atoms with Crippen molar-refractivity contribution in [2.75, 3.05) is 5.73 Å². The van der Waals surface area contributed by atoms with E-state index in [0.29, 0.717) is 15.5 Å². The lowest BCUT2D eigenvalue weighted by molar-refractivity contribution is 0.619. The molecule has 2 N–H and O–H groups in total. The van der Waals surface area contributed by atoms with E-state index < -0.39 is 0 Å². The second-order valence-electron chi connectivity index (χ2n) is 4.13. The number of hydrogen-bond donors (Lipinski definition) is 1. The molecule has 0 spiro atoms. The molecule has 0 radical (unpaired) electrons. The minimum atomic E-state index is -0.226. The summed E-state index contributed by atoms with van der Waals surface area (Å²) in [7, 11) is 0. The molecule has 1 aliphatic rings. The Morgan fingerprint density at radius 1 is 1.47 bits per heavy atom. The number of fused-ring (bicyclic) bond motifs is 1. The number of thiazole rings is 1. The molecule has 17 heavy (non-hydrogen) atoms. The van der Waals surface area contributed by atoms with E-state index in [1.807, 2.05) is 12.1 Å². The van der Waals surface area contributed by atoms with E-state index in [9.17, 15) is 4.39 Å². The molecule has 0 aliphatic heterocycles. The van der Waals surface area contributed by atoms with Gasteiger partial charge in [0, 0.05) is 10.8 Å². The molecule has 1 aromatic heterocycles. The first-order valence-electron chi connectivity index (χ1n) is 5.35. The zero-order valence-electron chi connectivity index (χ0n) is 8.91. The van der Waals surface area contributed by atoms with Crippen LogP contribution in [0.25, 0.3) is 0 Å². The van der Waals surface area contributed by atoms with Crippen LogP contribution in [0.5, 0.6) is 0 Å². The number of benzene rings is 1. The highest BCUT2D eigenvalue weighted by atomic mass is 79.9. The van der Waals surface area contributed by atoms with Crippen molar-refractivity contribution >= 4 is 32.4 Å². The van der Waals surface area contributed by atoms with Crippen molar-refractivity contribution in [1.29, 1.82) is 0 Å². The third-order valence-corrected chi connectivity index (χ3v) is 4.72. The molecule has 1 aromatic carbocycles. The summed E-state index contributed by atoms with van der Waals surface area (Å²) < 4.78 is 13.7. The van der Waals surface area contributed by atoms with E-state index in [1.54, 1.807) is 11.3 Å². The summed E-state index contributed by atoms with van der Waals surface area (Å²) in [6, 6.07) is 5.20. The minimum absolute atomic E-state index is 0.226. The van der Waals surface area contributed by atoms with Gasteiger partial charge in [0.05, 0.1) is 10.2 Å². The lowest BCUT2D eigenvalue weighted by Crippen LogP contribution is -1.95. The Morgan fingerprint density at radius 2 is 2.29 bits per heavy atom. The SMILES string of the molecule is Nc1nc2c(s1)C(c1ccc(F)c(Br)c1)CC2. The van der Waals surface area contributed by atoms with E-state index in [4.69, 9.17) is 5.73 Å². The van der Waals surface area contributed by atoms with Gasteiger partial charge in [0.25, 0.3) is 0 Å². The molecule has 0 saturated heterocycles. The highest BCUT2D eigenvalue weighted by Crippen LogP contribution is 2.42. The largest absolute Gasteiger partial charge is 0.375 e. The molecule has 5 heteroatoms. The number of nitrogen functional groups attached to an aromatic ring is 1. The van der Waals surface area contributed by atoms with Gasteiger partial charge in [-0.2, -0.15) is 0 Å². The van der Waals surface area contributed by atoms with Crippen LogP contribution in [-0.4, -0.2) is 4.98 Å². The van der Waals surface area contributed by atoms with E-state index in [2.05, 4.69) is 20.9 Å². The normalized spacial score (nSPS) is 18.4. The van der Waals surface area contributed by atoms with Gasteiger partial charge in [-0.25, -0.2) is 9.37 Å². The Labute approximate surface area is 111 Å². The van der Waals surface area contributed by atoms with Gasteiger partial charge in [-0.05, 0) is 46.5 Å². The molecular weight excluding hydrogens is 303 g/mol. The Bertz CT molecular complexity index is 582. The van der Waals surface area contributed by atoms with Crippen LogP contribution in [0.2, 0.25) is 0 Å². The van der Waals surface area contributed by atoms with Gasteiger partial charge in [-0.1, -0.05) is 6.07 Å². The maximum absolute atomic E-state index is 13.2. The highest BCUT2D eigenvalue weighted by Gasteiger charge is 2.28. The van der Waals surface area contributed by atoms with E-state index in [-0.39, 0.29) is 5.82 Å². The van der Waals surface area contributed by atoms with E-state index in [1.165, 1.54) is 10.9 Å². The van der Waals surface area contributed by atoms with Crippen molar-refractivity contribution in [3.63, 3.8) is 0 Å². The van der Waals surface area contributed by atoms with Crippen molar-refractivity contribution in [1.82, 2.24) is 4.98 Å². The van der Waals surface area contributed by atoms with Gasteiger partial charge >= 0.3 is 0 Å². The summed E-state index contributed by atoms with van der Waals surface area (Å²) in [4.78, 5) is 5.55. The number of aryl methyl sites for hydroxylation is 1. The van der Waals surface area contributed by atoms with E-state index >= 15 is 0 Å². The fourth-order valence-corrected chi connectivity index (χ4v) is 3.73. The monoisotopic (exact) mass is 312 g/mol. The molecule has 2 nitrogen and oxygen atoms in total. The Morgan fingerprint density at radius 3 is 3.06 bits per heavy atom. The lowest BCUT2D eigenvalue weighted by atomic mass is 9.98. The predicted molar refractivity (Wildman–Crippen MR) is 70.8 cm³/mol. The topological polar surface area (TPSA) is 38.9 Å². The number of aromatic nitrogens is 1. The van der Waals surface area contributed by atoms with Crippen LogP contribution in [0.1, 0.15) is 28.5 Å². The average molecular weight is 313 g/mol. The van der Waals surface area contributed by atoms with Crippen LogP contribution in [0.3, 0.4) is 0 Å². The van der Waals surface area contributed by atoms with Crippen molar-refractivity contribution in [2.45, 2.75) is 18.8 Å². The standard InChI is InChI=1S/C12H10BrFN2S/c13-8-5-6(1-3-9(8)14)7-2-4-10-11(7)17-12(15)16-10/h1,3,5,7H,2,4H2,(H2,15,16). The molecule has 3 rings (SSSR count). The number of halogens is 2. The number of rotatable bonds is 1. The molecule has 1 unspecified atom stereocenters. The smallest absolute Gasteiger partial charge is 0.180 e. The van der Waals surface area contributed by atoms with Gasteiger partial charge in [0.1, 0.15) is 5.82 Å². The van der Waals surface area contributed by atoms with E-state index in [0.717, 1.165) is 24.1 Å². The van der Waals surface area contributed by atoms with Gasteiger partial charge in [-0.3, -0.25) is 0 Å². The van der Waals surface area contributed by atoms with Crippen LogP contribution in [-0.2, 0) is 6.42 Å². The van der Waals surface area contributed by atoms with Gasteiger partial charge in [0.2, 0.25) is 0 Å². The summed E-state index contributed by atoms with van der Waals surface area (Å²) in [5, 5.41) is 0.626. The fourth-order valence-electron chi connectivity index (χ4n) is 2.29. The maximum Gasteiger partial charge on any atom is 0.180 e. The Hall–Kier alpha value is -0.940. The van der Waals surface area contributed by atoms with Crippen molar-refractivity contribution in [3.05, 3.63) is 44.6 Å². The number of hydrogen-bond acceptors (Lipinski definition) is 3. The number of nitrogens with zero attached hydrogens (tertiary/aromatic N) is 1. The molecule has 0 bridgehead atoms. The molecule has 88 valence electrons. The molecule has 1 heterocycles. The quantitative estimate of drug-likeness (QED) is 0.872. The second-order valence-corrected chi connectivity index (χ2v) is 6.04. The van der Waals surface area contributed by atoms with Gasteiger partial charge < -0.3 is 5.73 Å². The molecule has 1 atom stereocenters. The molecule has 0 amide bonds. The Balaban J connectivity index is 2.03. The second kappa shape index (κ2) is 4.07.